The summed E-state index contributed by atoms with van der Waals surface area (Å²) in [5.41, 5.74) is 2.03. The van der Waals surface area contributed by atoms with E-state index in [1.807, 2.05) is 31.3 Å². The van der Waals surface area contributed by atoms with E-state index < -0.39 is 0 Å². The highest BCUT2D eigenvalue weighted by atomic mass is 16.2. The van der Waals surface area contributed by atoms with Crippen molar-refractivity contribution in [2.24, 2.45) is 0 Å². The number of nitrogens with zero attached hydrogens (tertiary/aromatic N) is 2. The Kier molecular flexibility index (Phi) is 5.42. The van der Waals surface area contributed by atoms with Crippen molar-refractivity contribution < 1.29 is 9.59 Å². The van der Waals surface area contributed by atoms with Gasteiger partial charge in [0.2, 0.25) is 11.8 Å². The molecule has 0 radical (unpaired) electrons. The second-order valence-electron chi connectivity index (χ2n) is 7.24. The number of hydrogen-bond donors (Lipinski definition) is 1. The monoisotopic (exact) mass is 317 g/mol. The summed E-state index contributed by atoms with van der Waals surface area (Å²) >= 11 is 0. The highest BCUT2D eigenvalue weighted by Gasteiger charge is 2.21. The van der Waals surface area contributed by atoms with Gasteiger partial charge in [0.1, 0.15) is 6.42 Å². The fourth-order valence-electron chi connectivity index (χ4n) is 2.56. The fraction of sp³-hybridized carbons (Fsp3) is 0.556. The number of anilines is 1. The zero-order chi connectivity index (χ0) is 17.0. The number of likely N-dealkylation sites (N-methyl/N-ethyl adjacent to an activating group) is 1. The summed E-state index contributed by atoms with van der Waals surface area (Å²) < 4.78 is 0. The molecule has 1 aliphatic rings. The van der Waals surface area contributed by atoms with Crippen LogP contribution in [0, 0.1) is 0 Å². The minimum Gasteiger partial charge on any atom is -0.340 e. The molecule has 0 saturated carbocycles. The van der Waals surface area contributed by atoms with Gasteiger partial charge in [-0.2, -0.15) is 0 Å². The molecule has 1 fully saturated rings. The van der Waals surface area contributed by atoms with Gasteiger partial charge >= 0.3 is 0 Å². The van der Waals surface area contributed by atoms with Crippen LogP contribution < -0.4 is 5.32 Å². The van der Waals surface area contributed by atoms with Crippen molar-refractivity contribution in [2.75, 3.05) is 38.5 Å². The van der Waals surface area contributed by atoms with Crippen molar-refractivity contribution >= 4 is 17.5 Å². The average molecular weight is 317 g/mol. The minimum absolute atomic E-state index is 0.0833. The van der Waals surface area contributed by atoms with Crippen LogP contribution in [-0.4, -0.2) is 54.8 Å². The molecule has 23 heavy (non-hydrogen) atoms. The number of carbonyl (C=O) groups excluding carboxylic acids is 2. The summed E-state index contributed by atoms with van der Waals surface area (Å²) in [6.45, 7) is 9.56. The fourth-order valence-corrected chi connectivity index (χ4v) is 2.56. The first-order chi connectivity index (χ1) is 10.8. The van der Waals surface area contributed by atoms with Gasteiger partial charge in [-0.3, -0.25) is 9.59 Å². The number of nitrogens with one attached hydrogen (secondary N) is 1. The Hall–Kier alpha value is -1.88. The first-order valence-corrected chi connectivity index (χ1v) is 8.12. The summed E-state index contributed by atoms with van der Waals surface area (Å²) in [5.74, 6) is -0.348. The normalized spacial score (nSPS) is 16.3. The molecule has 0 bridgehead atoms. The number of carbonyl (C=O) groups is 2. The van der Waals surface area contributed by atoms with Gasteiger partial charge in [-0.05, 0) is 30.2 Å². The maximum atomic E-state index is 12.1. The molecule has 1 N–H and O–H groups in total. The standard InChI is InChI=1S/C18H27N3O2/c1-18(2,3)14-5-7-15(8-6-14)19-16(22)13-17(23)21-11-9-20(4)10-12-21/h5-8H,9-13H2,1-4H3,(H,19,22). The summed E-state index contributed by atoms with van der Waals surface area (Å²) in [6, 6.07) is 7.80. The van der Waals surface area contributed by atoms with Gasteiger partial charge in [-0.25, -0.2) is 0 Å². The van der Waals surface area contributed by atoms with Crippen LogP contribution in [0.15, 0.2) is 24.3 Å². The summed E-state index contributed by atoms with van der Waals surface area (Å²) in [4.78, 5) is 28.1. The topological polar surface area (TPSA) is 52.7 Å². The molecule has 5 heteroatoms. The Morgan fingerprint density at radius 1 is 1.04 bits per heavy atom. The zero-order valence-corrected chi connectivity index (χ0v) is 14.6. The Balaban J connectivity index is 1.86. The van der Waals surface area contributed by atoms with Gasteiger partial charge in [-0.15, -0.1) is 0 Å². The lowest BCUT2D eigenvalue weighted by Crippen LogP contribution is -2.47. The van der Waals surface area contributed by atoms with E-state index in [-0.39, 0.29) is 23.7 Å². The van der Waals surface area contributed by atoms with E-state index in [0.717, 1.165) is 18.8 Å². The lowest BCUT2D eigenvalue weighted by molar-refractivity contribution is -0.135. The molecule has 1 aromatic carbocycles. The highest BCUT2D eigenvalue weighted by molar-refractivity contribution is 6.03. The summed E-state index contributed by atoms with van der Waals surface area (Å²) in [5, 5.41) is 2.80. The van der Waals surface area contributed by atoms with Crippen molar-refractivity contribution in [3.63, 3.8) is 0 Å². The molecule has 0 spiro atoms. The van der Waals surface area contributed by atoms with E-state index >= 15 is 0 Å². The van der Waals surface area contributed by atoms with Gasteiger partial charge in [0.05, 0.1) is 0 Å². The van der Waals surface area contributed by atoms with E-state index in [4.69, 9.17) is 0 Å². The Morgan fingerprint density at radius 2 is 1.61 bits per heavy atom. The van der Waals surface area contributed by atoms with E-state index in [9.17, 15) is 9.59 Å². The van der Waals surface area contributed by atoms with Crippen molar-refractivity contribution in [1.82, 2.24) is 9.80 Å². The van der Waals surface area contributed by atoms with E-state index in [2.05, 4.69) is 31.0 Å². The molecule has 1 saturated heterocycles. The summed E-state index contributed by atoms with van der Waals surface area (Å²) in [6.07, 6.45) is -0.0925. The molecule has 5 nitrogen and oxygen atoms in total. The van der Waals surface area contributed by atoms with Crippen LogP contribution >= 0.6 is 0 Å². The van der Waals surface area contributed by atoms with Gasteiger partial charge in [-0.1, -0.05) is 32.9 Å². The maximum absolute atomic E-state index is 12.1. The Labute approximate surface area is 138 Å². The maximum Gasteiger partial charge on any atom is 0.233 e. The van der Waals surface area contributed by atoms with Crippen molar-refractivity contribution in [1.29, 1.82) is 0 Å². The molecule has 0 aliphatic carbocycles. The SMILES string of the molecule is CN1CCN(C(=O)CC(=O)Nc2ccc(C(C)(C)C)cc2)CC1. The number of benzene rings is 1. The lowest BCUT2D eigenvalue weighted by Gasteiger charge is -2.32. The van der Waals surface area contributed by atoms with E-state index in [1.54, 1.807) is 4.90 Å². The number of piperazine rings is 1. The first-order valence-electron chi connectivity index (χ1n) is 8.12. The third-order valence-electron chi connectivity index (χ3n) is 4.20. The Morgan fingerprint density at radius 3 is 2.13 bits per heavy atom. The quantitative estimate of drug-likeness (QED) is 0.869. The molecule has 0 unspecified atom stereocenters. The largest absolute Gasteiger partial charge is 0.340 e. The van der Waals surface area contributed by atoms with Crippen molar-refractivity contribution in [3.05, 3.63) is 29.8 Å². The number of rotatable bonds is 3. The van der Waals surface area contributed by atoms with Gasteiger partial charge in [0.25, 0.3) is 0 Å². The zero-order valence-electron chi connectivity index (χ0n) is 14.6. The predicted octanol–water partition coefficient (Wildman–Crippen LogP) is 2.09. The minimum atomic E-state index is -0.252. The molecular weight excluding hydrogens is 290 g/mol. The first kappa shape index (κ1) is 17.5. The molecule has 1 aromatic rings. The Bertz CT molecular complexity index is 553. The molecule has 2 amide bonds. The molecule has 0 aromatic heterocycles. The van der Waals surface area contributed by atoms with Crippen molar-refractivity contribution in [2.45, 2.75) is 32.6 Å². The van der Waals surface area contributed by atoms with Crippen molar-refractivity contribution in [3.8, 4) is 0 Å². The van der Waals surface area contributed by atoms with Crippen LogP contribution in [0.25, 0.3) is 0 Å². The van der Waals surface area contributed by atoms with Crippen LogP contribution in [0.5, 0.6) is 0 Å². The second-order valence-corrected chi connectivity index (χ2v) is 7.24. The van der Waals surface area contributed by atoms with E-state index in [1.165, 1.54) is 5.56 Å². The summed E-state index contributed by atoms with van der Waals surface area (Å²) in [7, 11) is 2.04. The third kappa shape index (κ3) is 5.06. The third-order valence-corrected chi connectivity index (χ3v) is 4.20. The van der Waals surface area contributed by atoms with Gasteiger partial charge < -0.3 is 15.1 Å². The molecule has 0 atom stereocenters. The average Bonchev–Trinajstić information content (AvgIpc) is 2.47. The van der Waals surface area contributed by atoms with Crippen LogP contribution in [0.3, 0.4) is 0 Å². The lowest BCUT2D eigenvalue weighted by atomic mass is 9.87. The van der Waals surface area contributed by atoms with Crippen LogP contribution in [-0.2, 0) is 15.0 Å². The van der Waals surface area contributed by atoms with Crippen LogP contribution in [0.1, 0.15) is 32.8 Å². The van der Waals surface area contributed by atoms with E-state index in [0.29, 0.717) is 13.1 Å². The molecule has 1 heterocycles. The van der Waals surface area contributed by atoms with Gasteiger partial charge in [0, 0.05) is 31.9 Å². The second kappa shape index (κ2) is 7.13. The molecule has 2 rings (SSSR count). The molecule has 126 valence electrons. The number of hydrogen-bond acceptors (Lipinski definition) is 3. The van der Waals surface area contributed by atoms with Crippen LogP contribution in [0.2, 0.25) is 0 Å². The van der Waals surface area contributed by atoms with Gasteiger partial charge in [0.15, 0.2) is 0 Å². The number of amides is 2. The predicted molar refractivity (Wildman–Crippen MR) is 92.5 cm³/mol. The van der Waals surface area contributed by atoms with Crippen LogP contribution in [0.4, 0.5) is 5.69 Å². The highest BCUT2D eigenvalue weighted by Crippen LogP contribution is 2.23. The molecular formula is C18H27N3O2. The smallest absolute Gasteiger partial charge is 0.233 e. The molecule has 1 aliphatic heterocycles.